The molecule has 0 rings (SSSR count). The van der Waals surface area contributed by atoms with Gasteiger partial charge in [-0.05, 0) is 6.42 Å². The SMILES string of the molecule is CCCCCCCCCCCC(=O)NCN(C#N)C(=N)N. The first-order chi connectivity index (χ1) is 10.1. The van der Waals surface area contributed by atoms with Crippen molar-refractivity contribution in [2.75, 3.05) is 6.67 Å². The van der Waals surface area contributed by atoms with E-state index in [1.54, 1.807) is 6.19 Å². The zero-order valence-electron chi connectivity index (χ0n) is 13.2. The zero-order chi connectivity index (χ0) is 15.9. The third-order valence-corrected chi connectivity index (χ3v) is 3.35. The summed E-state index contributed by atoms with van der Waals surface area (Å²) in [7, 11) is 0. The normalized spacial score (nSPS) is 9.90. The molecule has 1 amide bonds. The lowest BCUT2D eigenvalue weighted by molar-refractivity contribution is -0.121. The van der Waals surface area contributed by atoms with Crippen molar-refractivity contribution < 1.29 is 4.79 Å². The number of carbonyl (C=O) groups excluding carboxylic acids is 1. The van der Waals surface area contributed by atoms with Gasteiger partial charge in [0.2, 0.25) is 11.9 Å². The van der Waals surface area contributed by atoms with Crippen LogP contribution in [0.1, 0.15) is 71.1 Å². The number of unbranched alkanes of at least 4 members (excludes halogenated alkanes) is 8. The molecule has 0 fully saturated rings. The number of nitriles is 1. The van der Waals surface area contributed by atoms with Gasteiger partial charge >= 0.3 is 0 Å². The van der Waals surface area contributed by atoms with Crippen LogP contribution in [0.4, 0.5) is 0 Å². The number of carbonyl (C=O) groups is 1. The Bertz CT molecular complexity index is 337. The Morgan fingerprint density at radius 1 is 1.14 bits per heavy atom. The van der Waals surface area contributed by atoms with Crippen LogP contribution in [-0.4, -0.2) is 23.4 Å². The summed E-state index contributed by atoms with van der Waals surface area (Å²) < 4.78 is 0. The second-order valence-electron chi connectivity index (χ2n) is 5.25. The fourth-order valence-electron chi connectivity index (χ4n) is 2.03. The maximum atomic E-state index is 11.5. The van der Waals surface area contributed by atoms with Crippen LogP contribution in [0.5, 0.6) is 0 Å². The number of nitrogens with one attached hydrogen (secondary N) is 2. The molecule has 0 atom stereocenters. The smallest absolute Gasteiger partial charge is 0.221 e. The molecule has 0 aliphatic heterocycles. The summed E-state index contributed by atoms with van der Waals surface area (Å²) in [5.74, 6) is -0.458. The van der Waals surface area contributed by atoms with Gasteiger partial charge in [0.1, 0.15) is 6.67 Å². The van der Waals surface area contributed by atoms with E-state index in [0.29, 0.717) is 6.42 Å². The summed E-state index contributed by atoms with van der Waals surface area (Å²) in [6.45, 7) is 2.19. The molecule has 0 aliphatic carbocycles. The molecule has 21 heavy (non-hydrogen) atoms. The first-order valence-corrected chi connectivity index (χ1v) is 7.89. The van der Waals surface area contributed by atoms with Crippen LogP contribution >= 0.6 is 0 Å². The van der Waals surface area contributed by atoms with Crippen molar-refractivity contribution in [2.45, 2.75) is 71.1 Å². The average molecular weight is 295 g/mol. The molecule has 6 heteroatoms. The molecule has 0 aromatic carbocycles. The summed E-state index contributed by atoms with van der Waals surface area (Å²) in [5.41, 5.74) is 5.17. The Kier molecular flexibility index (Phi) is 12.1. The second kappa shape index (κ2) is 13.2. The molecular formula is C15H29N5O. The van der Waals surface area contributed by atoms with Crippen LogP contribution in [0.3, 0.4) is 0 Å². The Labute approximate surface area is 128 Å². The highest BCUT2D eigenvalue weighted by molar-refractivity contribution is 5.78. The van der Waals surface area contributed by atoms with Gasteiger partial charge < -0.3 is 11.1 Å². The first kappa shape index (κ1) is 19.2. The number of hydrogen-bond donors (Lipinski definition) is 3. The Morgan fingerprint density at radius 2 is 1.67 bits per heavy atom. The molecule has 0 aromatic heterocycles. The van der Waals surface area contributed by atoms with Gasteiger partial charge in [0, 0.05) is 6.42 Å². The third-order valence-electron chi connectivity index (χ3n) is 3.35. The van der Waals surface area contributed by atoms with Gasteiger partial charge in [-0.25, -0.2) is 4.90 Å². The quantitative estimate of drug-likeness (QED) is 0.128. The molecule has 4 N–H and O–H groups in total. The maximum Gasteiger partial charge on any atom is 0.221 e. The van der Waals surface area contributed by atoms with Crippen molar-refractivity contribution in [1.82, 2.24) is 10.2 Å². The predicted octanol–water partition coefficient (Wildman–Crippen LogP) is 2.66. The summed E-state index contributed by atoms with van der Waals surface area (Å²) in [5, 5.41) is 18.3. The summed E-state index contributed by atoms with van der Waals surface area (Å²) in [4.78, 5) is 12.5. The van der Waals surface area contributed by atoms with Crippen LogP contribution in [0.2, 0.25) is 0 Å². The van der Waals surface area contributed by atoms with Crippen LogP contribution in [0.25, 0.3) is 0 Å². The Hall–Kier alpha value is -1.77. The average Bonchev–Trinajstić information content (AvgIpc) is 2.45. The largest absolute Gasteiger partial charge is 0.369 e. The molecule has 0 unspecified atom stereocenters. The third kappa shape index (κ3) is 11.7. The highest BCUT2D eigenvalue weighted by Crippen LogP contribution is 2.10. The molecular weight excluding hydrogens is 266 g/mol. The van der Waals surface area contributed by atoms with Crippen LogP contribution in [0.15, 0.2) is 0 Å². The zero-order valence-corrected chi connectivity index (χ0v) is 13.2. The van der Waals surface area contributed by atoms with E-state index in [2.05, 4.69) is 12.2 Å². The lowest BCUT2D eigenvalue weighted by atomic mass is 10.1. The highest BCUT2D eigenvalue weighted by atomic mass is 16.1. The number of guanidine groups is 1. The van der Waals surface area contributed by atoms with Gasteiger partial charge in [-0.2, -0.15) is 5.26 Å². The predicted molar refractivity (Wildman–Crippen MR) is 84.2 cm³/mol. The molecule has 0 aromatic rings. The molecule has 0 saturated heterocycles. The van der Waals surface area contributed by atoms with E-state index in [0.717, 1.165) is 17.7 Å². The Morgan fingerprint density at radius 3 is 2.14 bits per heavy atom. The number of amides is 1. The van der Waals surface area contributed by atoms with E-state index in [4.69, 9.17) is 16.4 Å². The second-order valence-corrected chi connectivity index (χ2v) is 5.25. The van der Waals surface area contributed by atoms with E-state index < -0.39 is 0 Å². The molecule has 0 bridgehead atoms. The molecule has 0 heterocycles. The monoisotopic (exact) mass is 295 g/mol. The van der Waals surface area contributed by atoms with Crippen molar-refractivity contribution in [3.05, 3.63) is 0 Å². The minimum atomic E-state index is -0.360. The molecule has 0 spiro atoms. The van der Waals surface area contributed by atoms with Gasteiger partial charge in [-0.15, -0.1) is 0 Å². The van der Waals surface area contributed by atoms with Gasteiger partial charge in [0.25, 0.3) is 0 Å². The molecule has 0 radical (unpaired) electrons. The van der Waals surface area contributed by atoms with Crippen LogP contribution in [0, 0.1) is 16.9 Å². The van der Waals surface area contributed by atoms with E-state index >= 15 is 0 Å². The molecule has 0 saturated carbocycles. The number of nitrogens with two attached hydrogens (primary N) is 1. The van der Waals surface area contributed by atoms with Gasteiger partial charge in [0.15, 0.2) is 6.19 Å². The van der Waals surface area contributed by atoms with Crippen LogP contribution in [-0.2, 0) is 4.79 Å². The van der Waals surface area contributed by atoms with Crippen molar-refractivity contribution >= 4 is 11.9 Å². The van der Waals surface area contributed by atoms with Crippen molar-refractivity contribution in [3.63, 3.8) is 0 Å². The molecule has 120 valence electrons. The topological polar surface area (TPSA) is 106 Å². The molecule has 0 aliphatic rings. The van der Waals surface area contributed by atoms with Crippen molar-refractivity contribution in [1.29, 1.82) is 10.7 Å². The number of rotatable bonds is 12. The first-order valence-electron chi connectivity index (χ1n) is 7.89. The molecule has 6 nitrogen and oxygen atoms in total. The van der Waals surface area contributed by atoms with E-state index in [1.807, 2.05) is 0 Å². The van der Waals surface area contributed by atoms with Gasteiger partial charge in [-0.1, -0.05) is 58.3 Å². The minimum absolute atomic E-state index is 0.0257. The standard InChI is InChI=1S/C15H29N5O/c1-2-3-4-5-6-7-8-9-10-11-14(21)19-13-20(12-16)15(17)18/h2-11,13H2,1H3,(H3,17,18)(H,19,21). The lowest BCUT2D eigenvalue weighted by Crippen LogP contribution is -2.41. The fraction of sp³-hybridized carbons (Fsp3) is 0.800. The maximum absolute atomic E-state index is 11.5. The van der Waals surface area contributed by atoms with Crippen LogP contribution < -0.4 is 11.1 Å². The lowest BCUT2D eigenvalue weighted by Gasteiger charge is -2.13. The van der Waals surface area contributed by atoms with E-state index in [9.17, 15) is 4.79 Å². The summed E-state index contributed by atoms with van der Waals surface area (Å²) >= 11 is 0. The number of nitrogens with zero attached hydrogens (tertiary/aromatic N) is 2. The van der Waals surface area contributed by atoms with E-state index in [1.165, 1.54) is 44.9 Å². The van der Waals surface area contributed by atoms with Crippen molar-refractivity contribution in [3.8, 4) is 6.19 Å². The van der Waals surface area contributed by atoms with Gasteiger partial charge in [0.05, 0.1) is 0 Å². The van der Waals surface area contributed by atoms with Gasteiger partial charge in [-0.3, -0.25) is 10.2 Å². The fourth-order valence-corrected chi connectivity index (χ4v) is 2.03. The summed E-state index contributed by atoms with van der Waals surface area (Å²) in [6, 6.07) is 0. The number of hydrogen-bond acceptors (Lipinski definition) is 3. The highest BCUT2D eigenvalue weighted by Gasteiger charge is 2.07. The summed E-state index contributed by atoms with van der Waals surface area (Å²) in [6.07, 6.45) is 13.1. The van der Waals surface area contributed by atoms with E-state index in [-0.39, 0.29) is 18.5 Å². The Balaban J connectivity index is 3.42. The minimum Gasteiger partial charge on any atom is -0.369 e. The van der Waals surface area contributed by atoms with Crippen molar-refractivity contribution in [2.24, 2.45) is 5.73 Å².